The van der Waals surface area contributed by atoms with Crippen LogP contribution < -0.4 is 0 Å². The summed E-state index contributed by atoms with van der Waals surface area (Å²) < 4.78 is 1.04. The molecular weight excluding hydrogens is 170 g/mol. The van der Waals surface area contributed by atoms with Crippen LogP contribution in [0.4, 0.5) is 0 Å². The van der Waals surface area contributed by atoms with Gasteiger partial charge in [-0.3, -0.25) is 0 Å². The molecule has 12 heavy (non-hydrogen) atoms. The fourth-order valence-electron chi connectivity index (χ4n) is 1.05. The van der Waals surface area contributed by atoms with Crippen molar-refractivity contribution >= 4 is 11.6 Å². The van der Waals surface area contributed by atoms with Gasteiger partial charge in [0, 0.05) is 5.03 Å². The topological polar surface area (TPSA) is 0 Å². The van der Waals surface area contributed by atoms with Crippen LogP contribution in [-0.4, -0.2) is 31.7 Å². The first kappa shape index (κ1) is 12.0. The maximum absolute atomic E-state index is 5.77. The van der Waals surface area contributed by atoms with Gasteiger partial charge in [-0.05, 0) is 19.4 Å². The Morgan fingerprint density at radius 2 is 2.00 bits per heavy atom. The summed E-state index contributed by atoms with van der Waals surface area (Å²) in [6, 6.07) is 0. The quantitative estimate of drug-likeness (QED) is 0.585. The SMILES string of the molecule is CCCC[N+](C)(C)C/C=C(/C)Cl. The van der Waals surface area contributed by atoms with E-state index in [-0.39, 0.29) is 0 Å². The van der Waals surface area contributed by atoms with Crippen LogP contribution in [0.3, 0.4) is 0 Å². The molecule has 0 bridgehead atoms. The highest BCUT2D eigenvalue weighted by Crippen LogP contribution is 2.05. The third-order valence-electron chi connectivity index (χ3n) is 1.98. The second kappa shape index (κ2) is 5.60. The van der Waals surface area contributed by atoms with Gasteiger partial charge < -0.3 is 4.48 Å². The third-order valence-corrected chi connectivity index (χ3v) is 2.14. The molecule has 0 unspecified atom stereocenters. The molecule has 0 radical (unpaired) electrons. The summed E-state index contributed by atoms with van der Waals surface area (Å²) in [6.07, 6.45) is 4.66. The van der Waals surface area contributed by atoms with Crippen LogP contribution in [0.25, 0.3) is 0 Å². The maximum atomic E-state index is 5.77. The van der Waals surface area contributed by atoms with Gasteiger partial charge in [-0.25, -0.2) is 0 Å². The molecule has 0 heterocycles. The van der Waals surface area contributed by atoms with Crippen molar-refractivity contribution < 1.29 is 4.48 Å². The Labute approximate surface area is 81.6 Å². The van der Waals surface area contributed by atoms with E-state index < -0.39 is 0 Å². The molecule has 0 saturated carbocycles. The van der Waals surface area contributed by atoms with Gasteiger partial charge in [0.05, 0.1) is 27.2 Å². The number of hydrogen-bond donors (Lipinski definition) is 0. The number of likely N-dealkylation sites (N-methyl/N-ethyl adjacent to an activating group) is 1. The lowest BCUT2D eigenvalue weighted by molar-refractivity contribution is -0.884. The Hall–Kier alpha value is -0.0100. The molecule has 0 atom stereocenters. The first-order valence-corrected chi connectivity index (χ1v) is 5.00. The molecule has 72 valence electrons. The molecule has 1 nitrogen and oxygen atoms in total. The van der Waals surface area contributed by atoms with Gasteiger partial charge in [0.1, 0.15) is 0 Å². The zero-order chi connectivity index (χ0) is 9.61. The Balaban J connectivity index is 3.78. The van der Waals surface area contributed by atoms with Gasteiger partial charge in [-0.1, -0.05) is 24.9 Å². The van der Waals surface area contributed by atoms with Crippen molar-refractivity contribution in [1.29, 1.82) is 0 Å². The largest absolute Gasteiger partial charge is 0.325 e. The van der Waals surface area contributed by atoms with Gasteiger partial charge in [0.15, 0.2) is 0 Å². The molecule has 0 aromatic rings. The van der Waals surface area contributed by atoms with Crippen molar-refractivity contribution in [3.8, 4) is 0 Å². The summed E-state index contributed by atoms with van der Waals surface area (Å²) in [4.78, 5) is 0. The zero-order valence-electron chi connectivity index (χ0n) is 8.73. The van der Waals surface area contributed by atoms with Gasteiger partial charge in [-0.15, -0.1) is 0 Å². The summed E-state index contributed by atoms with van der Waals surface area (Å²) in [5, 5.41) is 0.901. The van der Waals surface area contributed by atoms with Gasteiger partial charge in [0.2, 0.25) is 0 Å². The molecule has 0 amide bonds. The molecule has 0 N–H and O–H groups in total. The van der Waals surface area contributed by atoms with Crippen molar-refractivity contribution in [2.45, 2.75) is 26.7 Å². The van der Waals surface area contributed by atoms with E-state index in [9.17, 15) is 0 Å². The molecular formula is C10H21ClN+. The molecule has 0 aliphatic heterocycles. The second-order valence-corrected chi connectivity index (χ2v) is 4.58. The van der Waals surface area contributed by atoms with Crippen LogP contribution in [0.5, 0.6) is 0 Å². The van der Waals surface area contributed by atoms with Crippen LogP contribution in [-0.2, 0) is 0 Å². The number of allylic oxidation sites excluding steroid dienone is 1. The number of nitrogens with zero attached hydrogens (tertiary/aromatic N) is 1. The fourth-order valence-corrected chi connectivity index (χ4v) is 1.12. The summed E-state index contributed by atoms with van der Waals surface area (Å²) >= 11 is 5.77. The molecule has 0 aromatic heterocycles. The average molecular weight is 191 g/mol. The standard InChI is InChI=1S/C10H21ClN/c1-5-6-8-12(3,4)9-7-10(2)11/h7H,5-6,8-9H2,1-4H3/q+1/b10-7-. The van der Waals surface area contributed by atoms with Crippen molar-refractivity contribution in [2.75, 3.05) is 27.2 Å². The summed E-state index contributed by atoms with van der Waals surface area (Å²) in [5.74, 6) is 0. The van der Waals surface area contributed by atoms with Crippen molar-refractivity contribution in [2.24, 2.45) is 0 Å². The van der Waals surface area contributed by atoms with E-state index >= 15 is 0 Å². The lowest BCUT2D eigenvalue weighted by atomic mass is 10.3. The van der Waals surface area contributed by atoms with E-state index in [0.717, 1.165) is 16.1 Å². The highest BCUT2D eigenvalue weighted by atomic mass is 35.5. The number of quaternary nitrogens is 1. The normalized spacial score (nSPS) is 13.6. The summed E-state index contributed by atoms with van der Waals surface area (Å²) in [6.45, 7) is 6.43. The first-order chi connectivity index (χ1) is 5.48. The van der Waals surface area contributed by atoms with Crippen molar-refractivity contribution in [3.63, 3.8) is 0 Å². The van der Waals surface area contributed by atoms with E-state index in [4.69, 9.17) is 11.6 Å². The van der Waals surface area contributed by atoms with E-state index in [0.29, 0.717) is 0 Å². The van der Waals surface area contributed by atoms with Crippen molar-refractivity contribution in [3.05, 3.63) is 11.1 Å². The summed E-state index contributed by atoms with van der Waals surface area (Å²) in [5.41, 5.74) is 0. The van der Waals surface area contributed by atoms with Gasteiger partial charge >= 0.3 is 0 Å². The fraction of sp³-hybridized carbons (Fsp3) is 0.800. The molecule has 0 aromatic carbocycles. The molecule has 0 aliphatic carbocycles. The average Bonchev–Trinajstić information content (AvgIpc) is 1.98. The predicted octanol–water partition coefficient (Wildman–Crippen LogP) is 3.01. The highest BCUT2D eigenvalue weighted by molar-refractivity contribution is 6.29. The molecule has 0 aliphatic rings. The smallest absolute Gasteiger partial charge is 0.0983 e. The summed E-state index contributed by atoms with van der Waals surface area (Å²) in [7, 11) is 4.48. The number of hydrogen-bond acceptors (Lipinski definition) is 0. The lowest BCUT2D eigenvalue weighted by Crippen LogP contribution is -2.40. The monoisotopic (exact) mass is 190 g/mol. The number of rotatable bonds is 5. The van der Waals surface area contributed by atoms with Crippen LogP contribution >= 0.6 is 11.6 Å². The third kappa shape index (κ3) is 6.68. The number of unbranched alkanes of at least 4 members (excludes halogenated alkanes) is 1. The minimum Gasteiger partial charge on any atom is -0.325 e. The molecule has 0 rings (SSSR count). The van der Waals surface area contributed by atoms with E-state index in [1.807, 2.05) is 6.92 Å². The van der Waals surface area contributed by atoms with Crippen LogP contribution in [0, 0.1) is 0 Å². The van der Waals surface area contributed by atoms with E-state index in [2.05, 4.69) is 27.1 Å². The highest BCUT2D eigenvalue weighted by Gasteiger charge is 2.11. The van der Waals surface area contributed by atoms with Crippen LogP contribution in [0.2, 0.25) is 0 Å². The predicted molar refractivity (Wildman–Crippen MR) is 56.4 cm³/mol. The van der Waals surface area contributed by atoms with Gasteiger partial charge in [0.25, 0.3) is 0 Å². The van der Waals surface area contributed by atoms with Crippen molar-refractivity contribution in [1.82, 2.24) is 0 Å². The van der Waals surface area contributed by atoms with E-state index in [1.165, 1.54) is 19.4 Å². The van der Waals surface area contributed by atoms with Crippen LogP contribution in [0.15, 0.2) is 11.1 Å². The van der Waals surface area contributed by atoms with E-state index in [1.54, 1.807) is 0 Å². The number of halogens is 1. The molecule has 2 heteroatoms. The minimum atomic E-state index is 0.901. The Morgan fingerprint density at radius 1 is 1.42 bits per heavy atom. The van der Waals surface area contributed by atoms with Crippen LogP contribution in [0.1, 0.15) is 26.7 Å². The Morgan fingerprint density at radius 3 is 2.42 bits per heavy atom. The first-order valence-electron chi connectivity index (χ1n) is 4.62. The minimum absolute atomic E-state index is 0.901. The Bertz CT molecular complexity index is 146. The maximum Gasteiger partial charge on any atom is 0.0983 e. The second-order valence-electron chi connectivity index (χ2n) is 3.99. The molecule has 0 spiro atoms. The molecule has 0 saturated heterocycles. The lowest BCUT2D eigenvalue weighted by Gasteiger charge is -2.28. The van der Waals surface area contributed by atoms with Gasteiger partial charge in [-0.2, -0.15) is 0 Å². The molecule has 0 fully saturated rings. The Kier molecular flexibility index (Phi) is 5.60. The zero-order valence-corrected chi connectivity index (χ0v) is 9.49.